The molecule has 0 heterocycles. The summed E-state index contributed by atoms with van der Waals surface area (Å²) in [6, 6.07) is 4.78. The molecule has 0 atom stereocenters. The summed E-state index contributed by atoms with van der Waals surface area (Å²) in [6.07, 6.45) is 7.66. The molecule has 0 radical (unpaired) electrons. The predicted octanol–water partition coefficient (Wildman–Crippen LogP) is 5.56. The molecule has 0 aromatic heterocycles. The van der Waals surface area contributed by atoms with E-state index in [0.29, 0.717) is 17.6 Å². The number of nitrogens with zero attached hydrogens (tertiary/aromatic N) is 1. The Balaban J connectivity index is 3.34. The molecule has 0 aliphatic heterocycles. The third kappa shape index (κ3) is 5.23. The number of nitroso groups, excluding NO2 is 1. The molecule has 1 aromatic carbocycles. The highest BCUT2D eigenvalue weighted by Crippen LogP contribution is 2.27. The fourth-order valence-corrected chi connectivity index (χ4v) is 2.21. The van der Waals surface area contributed by atoms with Gasteiger partial charge in [0.1, 0.15) is 5.69 Å². The molecule has 0 fully saturated rings. The predicted molar refractivity (Wildman–Crippen MR) is 98.4 cm³/mol. The normalized spacial score (nSPS) is 11.5. The molecule has 0 saturated carbocycles. The SMILES string of the molecule is C=C(/C=C\C(=C/CCC)c1ccc(N=O)cc1C(C)=O)C(=O)CC. The number of hydrogen-bond donors (Lipinski definition) is 0. The summed E-state index contributed by atoms with van der Waals surface area (Å²) < 4.78 is 0. The number of benzene rings is 1. The first kappa shape index (κ1) is 19.4. The van der Waals surface area contributed by atoms with Crippen molar-refractivity contribution >= 4 is 22.8 Å². The van der Waals surface area contributed by atoms with Gasteiger partial charge in [-0.25, -0.2) is 0 Å². The van der Waals surface area contributed by atoms with Crippen molar-refractivity contribution in [1.82, 2.24) is 0 Å². The second-order valence-electron chi connectivity index (χ2n) is 5.46. The number of carbonyl (C=O) groups excluding carboxylic acids is 2. The lowest BCUT2D eigenvalue weighted by Crippen LogP contribution is -1.99. The highest BCUT2D eigenvalue weighted by Gasteiger charge is 2.12. The average molecular weight is 325 g/mol. The minimum atomic E-state index is -0.144. The fraction of sp³-hybridized carbons (Fsp3) is 0.300. The van der Waals surface area contributed by atoms with Crippen molar-refractivity contribution < 1.29 is 9.59 Å². The van der Waals surface area contributed by atoms with Gasteiger partial charge >= 0.3 is 0 Å². The van der Waals surface area contributed by atoms with E-state index in [-0.39, 0.29) is 17.3 Å². The number of Topliss-reactive ketones (excluding diaryl/α,β-unsaturated/α-hetero) is 2. The van der Waals surface area contributed by atoms with Gasteiger partial charge in [0, 0.05) is 17.6 Å². The first-order valence-electron chi connectivity index (χ1n) is 8.03. The van der Waals surface area contributed by atoms with Crippen LogP contribution in [0, 0.1) is 4.91 Å². The number of hydrogen-bond acceptors (Lipinski definition) is 4. The lowest BCUT2D eigenvalue weighted by atomic mass is 9.94. The van der Waals surface area contributed by atoms with Gasteiger partial charge in [-0.15, -0.1) is 4.91 Å². The number of carbonyl (C=O) groups is 2. The Bertz CT molecular complexity index is 712. The van der Waals surface area contributed by atoms with Crippen molar-refractivity contribution in [3.63, 3.8) is 0 Å². The van der Waals surface area contributed by atoms with Crippen LogP contribution in [-0.4, -0.2) is 11.6 Å². The molecule has 4 heteroatoms. The van der Waals surface area contributed by atoms with Crippen LogP contribution in [-0.2, 0) is 4.79 Å². The second-order valence-corrected chi connectivity index (χ2v) is 5.46. The van der Waals surface area contributed by atoms with Gasteiger partial charge < -0.3 is 0 Å². The highest BCUT2D eigenvalue weighted by molar-refractivity contribution is 6.02. The largest absolute Gasteiger partial charge is 0.294 e. The Morgan fingerprint density at radius 1 is 1.17 bits per heavy atom. The fourth-order valence-electron chi connectivity index (χ4n) is 2.21. The van der Waals surface area contributed by atoms with Gasteiger partial charge in [-0.05, 0) is 41.8 Å². The van der Waals surface area contributed by atoms with E-state index in [1.807, 2.05) is 6.08 Å². The maximum Gasteiger partial charge on any atom is 0.162 e. The van der Waals surface area contributed by atoms with Crippen LogP contribution < -0.4 is 0 Å². The molecule has 0 aliphatic rings. The van der Waals surface area contributed by atoms with Crippen molar-refractivity contribution in [1.29, 1.82) is 0 Å². The molecule has 1 rings (SSSR count). The third-order valence-corrected chi connectivity index (χ3v) is 3.60. The van der Waals surface area contributed by atoms with E-state index >= 15 is 0 Å². The standard InChI is InChI=1S/C20H23NO3/c1-5-7-8-16(10-9-14(3)20(23)6-2)18-12-11-17(21-24)13-19(18)15(4)22/h8-13H,3,5-7H2,1-2,4H3/b10-9-,16-8+. The first-order valence-corrected chi connectivity index (χ1v) is 8.03. The Hall–Kier alpha value is -2.62. The molecular weight excluding hydrogens is 302 g/mol. The summed E-state index contributed by atoms with van der Waals surface area (Å²) in [4.78, 5) is 34.3. The zero-order valence-corrected chi connectivity index (χ0v) is 14.5. The van der Waals surface area contributed by atoms with Gasteiger partial charge in [0.2, 0.25) is 0 Å². The van der Waals surface area contributed by atoms with Crippen molar-refractivity contribution in [2.45, 2.75) is 40.0 Å². The third-order valence-electron chi connectivity index (χ3n) is 3.60. The minimum Gasteiger partial charge on any atom is -0.294 e. The van der Waals surface area contributed by atoms with Crippen LogP contribution in [0.15, 0.2) is 53.8 Å². The minimum absolute atomic E-state index is 0.0200. The lowest BCUT2D eigenvalue weighted by molar-refractivity contribution is -0.114. The molecule has 1 aromatic rings. The lowest BCUT2D eigenvalue weighted by Gasteiger charge is -2.09. The van der Waals surface area contributed by atoms with E-state index in [0.717, 1.165) is 24.0 Å². The Labute approximate surface area is 142 Å². The van der Waals surface area contributed by atoms with Gasteiger partial charge in [-0.3, -0.25) is 9.59 Å². The molecule has 4 nitrogen and oxygen atoms in total. The monoisotopic (exact) mass is 325 g/mol. The maximum atomic E-state index is 11.9. The van der Waals surface area contributed by atoms with Gasteiger partial charge in [-0.1, -0.05) is 51.1 Å². The van der Waals surface area contributed by atoms with Crippen LogP contribution >= 0.6 is 0 Å². The van der Waals surface area contributed by atoms with Crippen molar-refractivity contribution in [2.75, 3.05) is 0 Å². The maximum absolute atomic E-state index is 11.9. The van der Waals surface area contributed by atoms with E-state index < -0.39 is 0 Å². The number of allylic oxidation sites excluding steroid dienone is 5. The topological polar surface area (TPSA) is 63.6 Å². The summed E-state index contributed by atoms with van der Waals surface area (Å²) in [6.45, 7) is 9.07. The number of unbranched alkanes of at least 4 members (excludes halogenated alkanes) is 1. The second kappa shape index (κ2) is 9.50. The molecule has 0 saturated heterocycles. The molecule has 0 aliphatic carbocycles. The van der Waals surface area contributed by atoms with E-state index in [4.69, 9.17) is 0 Å². The first-order chi connectivity index (χ1) is 11.4. The van der Waals surface area contributed by atoms with E-state index in [1.54, 1.807) is 31.2 Å². The summed E-state index contributed by atoms with van der Waals surface area (Å²) in [5.41, 5.74) is 2.62. The number of rotatable bonds is 9. The summed E-state index contributed by atoms with van der Waals surface area (Å²) in [5, 5.41) is 2.89. The molecule has 0 amide bonds. The van der Waals surface area contributed by atoms with Crippen LogP contribution in [0.25, 0.3) is 5.57 Å². The molecule has 0 N–H and O–H groups in total. The summed E-state index contributed by atoms with van der Waals surface area (Å²) >= 11 is 0. The zero-order valence-electron chi connectivity index (χ0n) is 14.5. The van der Waals surface area contributed by atoms with Crippen LogP contribution in [0.5, 0.6) is 0 Å². The van der Waals surface area contributed by atoms with Gasteiger partial charge in [0.05, 0.1) is 0 Å². The Kier molecular flexibility index (Phi) is 7.69. The van der Waals surface area contributed by atoms with Crippen molar-refractivity contribution in [3.8, 4) is 0 Å². The molecule has 126 valence electrons. The van der Waals surface area contributed by atoms with Crippen molar-refractivity contribution in [2.24, 2.45) is 5.18 Å². The van der Waals surface area contributed by atoms with E-state index in [9.17, 15) is 14.5 Å². The quantitative estimate of drug-likeness (QED) is 0.258. The summed E-state index contributed by atoms with van der Waals surface area (Å²) in [5.74, 6) is -0.164. The van der Waals surface area contributed by atoms with Crippen LogP contribution in [0.2, 0.25) is 0 Å². The Morgan fingerprint density at radius 3 is 2.42 bits per heavy atom. The van der Waals surface area contributed by atoms with E-state index in [2.05, 4.69) is 18.7 Å². The van der Waals surface area contributed by atoms with Crippen LogP contribution in [0.3, 0.4) is 0 Å². The molecule has 0 unspecified atom stereocenters. The zero-order chi connectivity index (χ0) is 18.1. The van der Waals surface area contributed by atoms with Crippen LogP contribution in [0.1, 0.15) is 56.0 Å². The molecule has 0 bridgehead atoms. The van der Waals surface area contributed by atoms with Gasteiger partial charge in [0.15, 0.2) is 11.6 Å². The Morgan fingerprint density at radius 2 is 1.88 bits per heavy atom. The van der Waals surface area contributed by atoms with Crippen molar-refractivity contribution in [3.05, 3.63) is 64.6 Å². The highest BCUT2D eigenvalue weighted by atomic mass is 16.3. The molecule has 0 spiro atoms. The molecular formula is C20H23NO3. The molecule has 24 heavy (non-hydrogen) atoms. The number of ketones is 2. The van der Waals surface area contributed by atoms with Gasteiger partial charge in [-0.2, -0.15) is 0 Å². The van der Waals surface area contributed by atoms with E-state index in [1.165, 1.54) is 13.0 Å². The van der Waals surface area contributed by atoms with Gasteiger partial charge in [0.25, 0.3) is 0 Å². The smallest absolute Gasteiger partial charge is 0.162 e. The van der Waals surface area contributed by atoms with Crippen LogP contribution in [0.4, 0.5) is 5.69 Å². The average Bonchev–Trinajstić information content (AvgIpc) is 2.60. The summed E-state index contributed by atoms with van der Waals surface area (Å²) in [7, 11) is 0.